The second kappa shape index (κ2) is 5.72. The third-order valence-electron chi connectivity index (χ3n) is 2.13. The summed E-state index contributed by atoms with van der Waals surface area (Å²) in [4.78, 5) is 17.4. The molecule has 1 aromatic heterocycles. The van der Waals surface area contributed by atoms with Gasteiger partial charge in [-0.3, -0.25) is 9.52 Å². The van der Waals surface area contributed by atoms with Gasteiger partial charge in [0, 0.05) is 10.0 Å². The van der Waals surface area contributed by atoms with Crippen LogP contribution in [0.2, 0.25) is 10.0 Å². The lowest BCUT2D eigenvalue weighted by Crippen LogP contribution is -2.21. The Morgan fingerprint density at radius 2 is 1.80 bits per heavy atom. The fourth-order valence-corrected chi connectivity index (χ4v) is 3.34. The van der Waals surface area contributed by atoms with E-state index in [4.69, 9.17) is 23.2 Å². The average molecular weight is 399 g/mol. The standard InChI is InChI=1S/C10H6BrCl2N3O3S/c11-8-4-14-9(10(17)15-8)16-20(18,19)7-2-5(12)1-6(13)3-7/h1-4H,(H,14,16)(H,15,17). The normalized spacial score (nSPS) is 11.3. The maximum absolute atomic E-state index is 12.1. The van der Waals surface area contributed by atoms with Crippen molar-refractivity contribution >= 4 is 55.0 Å². The molecule has 0 amide bonds. The largest absolute Gasteiger partial charge is 0.312 e. The quantitative estimate of drug-likeness (QED) is 0.831. The number of hydrogen-bond acceptors (Lipinski definition) is 4. The van der Waals surface area contributed by atoms with Crippen LogP contribution in [-0.2, 0) is 10.0 Å². The molecule has 2 N–H and O–H groups in total. The predicted molar refractivity (Wildman–Crippen MR) is 79.8 cm³/mol. The van der Waals surface area contributed by atoms with Crippen LogP contribution in [0.3, 0.4) is 0 Å². The molecule has 6 nitrogen and oxygen atoms in total. The Labute approximate surface area is 132 Å². The van der Waals surface area contributed by atoms with Crippen molar-refractivity contribution in [3.8, 4) is 0 Å². The number of sulfonamides is 1. The van der Waals surface area contributed by atoms with E-state index < -0.39 is 15.6 Å². The Kier molecular flexibility index (Phi) is 4.38. The maximum atomic E-state index is 12.1. The van der Waals surface area contributed by atoms with E-state index in [9.17, 15) is 13.2 Å². The van der Waals surface area contributed by atoms with E-state index in [1.54, 1.807) is 0 Å². The topological polar surface area (TPSA) is 91.9 Å². The highest BCUT2D eigenvalue weighted by atomic mass is 79.9. The molecule has 10 heteroatoms. The number of hydrogen-bond donors (Lipinski definition) is 2. The van der Waals surface area contributed by atoms with Crippen LogP contribution in [-0.4, -0.2) is 18.4 Å². The zero-order valence-electron chi connectivity index (χ0n) is 9.52. The summed E-state index contributed by atoms with van der Waals surface area (Å²) in [6, 6.07) is 3.82. The number of nitrogens with zero attached hydrogens (tertiary/aromatic N) is 1. The number of nitrogens with one attached hydrogen (secondary N) is 2. The van der Waals surface area contributed by atoms with E-state index in [0.29, 0.717) is 4.60 Å². The Balaban J connectivity index is 2.43. The smallest absolute Gasteiger partial charge is 0.292 e. The first-order valence-electron chi connectivity index (χ1n) is 5.02. The number of aromatic nitrogens is 2. The summed E-state index contributed by atoms with van der Waals surface area (Å²) in [7, 11) is -4.01. The third-order valence-corrected chi connectivity index (χ3v) is 4.29. The molecule has 0 atom stereocenters. The van der Waals surface area contributed by atoms with Gasteiger partial charge in [-0.15, -0.1) is 0 Å². The number of H-pyrrole nitrogens is 1. The van der Waals surface area contributed by atoms with Gasteiger partial charge in [-0.05, 0) is 34.1 Å². The fourth-order valence-electron chi connectivity index (χ4n) is 1.32. The molecule has 0 aliphatic carbocycles. The van der Waals surface area contributed by atoms with E-state index in [1.165, 1.54) is 24.4 Å². The fraction of sp³-hybridized carbons (Fsp3) is 0. The molecule has 0 saturated carbocycles. The first kappa shape index (κ1) is 15.3. The molecule has 0 saturated heterocycles. The van der Waals surface area contributed by atoms with Gasteiger partial charge in [0.05, 0.1) is 11.1 Å². The monoisotopic (exact) mass is 397 g/mol. The van der Waals surface area contributed by atoms with Crippen molar-refractivity contribution in [2.75, 3.05) is 4.72 Å². The molecule has 20 heavy (non-hydrogen) atoms. The molecule has 106 valence electrons. The molecule has 0 radical (unpaired) electrons. The van der Waals surface area contributed by atoms with Crippen molar-refractivity contribution in [1.29, 1.82) is 0 Å². The van der Waals surface area contributed by atoms with Crippen molar-refractivity contribution in [3.63, 3.8) is 0 Å². The average Bonchev–Trinajstić information content (AvgIpc) is 2.31. The zero-order valence-corrected chi connectivity index (χ0v) is 13.4. The van der Waals surface area contributed by atoms with E-state index in [0.717, 1.165) is 0 Å². The van der Waals surface area contributed by atoms with Gasteiger partial charge in [0.25, 0.3) is 15.6 Å². The molecule has 0 aliphatic heterocycles. The molecule has 0 spiro atoms. The number of anilines is 1. The molecular formula is C10H6BrCl2N3O3S. The van der Waals surface area contributed by atoms with Crippen LogP contribution in [0.5, 0.6) is 0 Å². The Hall–Kier alpha value is -1.09. The third kappa shape index (κ3) is 3.51. The molecule has 2 rings (SSSR count). The Bertz CT molecular complexity index is 802. The molecule has 0 fully saturated rings. The molecular weight excluding hydrogens is 393 g/mol. The molecule has 1 aromatic carbocycles. The minimum absolute atomic E-state index is 0.163. The van der Waals surface area contributed by atoms with Gasteiger partial charge < -0.3 is 4.98 Å². The van der Waals surface area contributed by atoms with Crippen LogP contribution < -0.4 is 10.3 Å². The highest BCUT2D eigenvalue weighted by molar-refractivity contribution is 9.10. The minimum atomic E-state index is -4.01. The van der Waals surface area contributed by atoms with Gasteiger partial charge in [-0.25, -0.2) is 13.4 Å². The van der Waals surface area contributed by atoms with Crippen molar-refractivity contribution in [1.82, 2.24) is 9.97 Å². The van der Waals surface area contributed by atoms with Crippen LogP contribution in [0.4, 0.5) is 5.82 Å². The van der Waals surface area contributed by atoms with Gasteiger partial charge in [-0.1, -0.05) is 23.2 Å². The summed E-state index contributed by atoms with van der Waals surface area (Å²) in [5.74, 6) is -0.357. The number of halogens is 3. The maximum Gasteiger partial charge on any atom is 0.292 e. The van der Waals surface area contributed by atoms with Crippen LogP contribution in [0, 0.1) is 0 Å². The van der Waals surface area contributed by atoms with Gasteiger partial charge in [-0.2, -0.15) is 0 Å². The van der Waals surface area contributed by atoms with Crippen molar-refractivity contribution in [2.45, 2.75) is 4.90 Å². The van der Waals surface area contributed by atoms with E-state index in [-0.39, 0.29) is 20.8 Å². The van der Waals surface area contributed by atoms with Crippen LogP contribution in [0.1, 0.15) is 0 Å². The van der Waals surface area contributed by atoms with Crippen molar-refractivity contribution in [3.05, 3.63) is 49.4 Å². The first-order chi connectivity index (χ1) is 9.28. The Morgan fingerprint density at radius 3 is 2.35 bits per heavy atom. The van der Waals surface area contributed by atoms with Crippen molar-refractivity contribution < 1.29 is 8.42 Å². The van der Waals surface area contributed by atoms with Gasteiger partial charge in [0.2, 0.25) is 5.82 Å². The lowest BCUT2D eigenvalue weighted by atomic mass is 10.4. The highest BCUT2D eigenvalue weighted by Gasteiger charge is 2.18. The highest BCUT2D eigenvalue weighted by Crippen LogP contribution is 2.23. The van der Waals surface area contributed by atoms with E-state index >= 15 is 0 Å². The van der Waals surface area contributed by atoms with Gasteiger partial charge in [0.15, 0.2) is 0 Å². The first-order valence-corrected chi connectivity index (χ1v) is 8.05. The summed E-state index contributed by atoms with van der Waals surface area (Å²) < 4.78 is 26.6. The predicted octanol–water partition coefficient (Wildman–Crippen LogP) is 2.64. The molecule has 1 heterocycles. The number of rotatable bonds is 3. The summed E-state index contributed by atoms with van der Waals surface area (Å²) in [5.41, 5.74) is -0.684. The zero-order chi connectivity index (χ0) is 14.9. The minimum Gasteiger partial charge on any atom is -0.312 e. The summed E-state index contributed by atoms with van der Waals surface area (Å²) in [6.45, 7) is 0. The molecule has 0 unspecified atom stereocenters. The molecule has 2 aromatic rings. The van der Waals surface area contributed by atoms with E-state index in [1.807, 2.05) is 0 Å². The SMILES string of the molecule is O=c1[nH]c(Br)cnc1NS(=O)(=O)c1cc(Cl)cc(Cl)c1. The molecule has 0 aliphatic rings. The van der Waals surface area contributed by atoms with Crippen LogP contribution >= 0.6 is 39.1 Å². The second-order valence-corrected chi connectivity index (χ2v) is 7.03. The van der Waals surface area contributed by atoms with Crippen molar-refractivity contribution in [2.24, 2.45) is 0 Å². The van der Waals surface area contributed by atoms with Gasteiger partial charge in [0.1, 0.15) is 4.60 Å². The van der Waals surface area contributed by atoms with Crippen LogP contribution in [0.15, 0.2) is 38.7 Å². The second-order valence-electron chi connectivity index (χ2n) is 3.62. The lowest BCUT2D eigenvalue weighted by Gasteiger charge is -2.07. The summed E-state index contributed by atoms with van der Waals surface area (Å²) >= 11 is 14.5. The van der Waals surface area contributed by atoms with E-state index in [2.05, 4.69) is 30.6 Å². The summed E-state index contributed by atoms with van der Waals surface area (Å²) in [5, 5.41) is 0.325. The van der Waals surface area contributed by atoms with Gasteiger partial charge >= 0.3 is 0 Å². The lowest BCUT2D eigenvalue weighted by molar-refractivity contribution is 0.601. The molecule has 0 bridgehead atoms. The summed E-state index contributed by atoms with van der Waals surface area (Å²) in [6.07, 6.45) is 1.25. The Morgan fingerprint density at radius 1 is 1.20 bits per heavy atom. The number of benzene rings is 1. The number of aromatic amines is 1. The van der Waals surface area contributed by atoms with Crippen LogP contribution in [0.25, 0.3) is 0 Å².